The number of aromatic nitrogens is 2. The van der Waals surface area contributed by atoms with Crippen molar-refractivity contribution in [3.05, 3.63) is 47.9 Å². The Balaban J connectivity index is 1.82. The van der Waals surface area contributed by atoms with Crippen LogP contribution in [0, 0.1) is 5.92 Å². The van der Waals surface area contributed by atoms with Gasteiger partial charge in [0.1, 0.15) is 17.4 Å². The third-order valence-corrected chi connectivity index (χ3v) is 4.16. The van der Waals surface area contributed by atoms with Crippen molar-refractivity contribution in [2.24, 2.45) is 5.92 Å². The number of nitrogen functional groups attached to an aromatic ring is 1. The van der Waals surface area contributed by atoms with Gasteiger partial charge in [-0.15, -0.1) is 0 Å². The molecule has 116 valence electrons. The summed E-state index contributed by atoms with van der Waals surface area (Å²) in [6.07, 6.45) is 2.85. The van der Waals surface area contributed by atoms with Crippen LogP contribution in [-0.2, 0) is 6.54 Å². The first-order valence-electron chi connectivity index (χ1n) is 7.61. The Hall–Kier alpha value is -2.14. The zero-order valence-electron chi connectivity index (χ0n) is 13.1. The molecule has 22 heavy (non-hydrogen) atoms. The van der Waals surface area contributed by atoms with E-state index in [0.717, 1.165) is 31.1 Å². The number of benzene rings is 1. The minimum Gasteiger partial charge on any atom is -0.497 e. The highest BCUT2D eigenvalue weighted by Crippen LogP contribution is 2.37. The van der Waals surface area contributed by atoms with E-state index in [9.17, 15) is 0 Å². The van der Waals surface area contributed by atoms with E-state index < -0.39 is 0 Å². The van der Waals surface area contributed by atoms with Gasteiger partial charge in [-0.1, -0.05) is 19.1 Å². The summed E-state index contributed by atoms with van der Waals surface area (Å²) in [5.74, 6) is 2.85. The molecule has 3 rings (SSSR count). The number of likely N-dealkylation sites (tertiary alicyclic amines) is 1. The first kappa shape index (κ1) is 14.8. The van der Waals surface area contributed by atoms with Crippen LogP contribution in [0.25, 0.3) is 0 Å². The lowest BCUT2D eigenvalue weighted by molar-refractivity contribution is 0.239. The molecular formula is C17H22N4O. The molecule has 0 unspecified atom stereocenters. The highest BCUT2D eigenvalue weighted by Gasteiger charge is 2.31. The summed E-state index contributed by atoms with van der Waals surface area (Å²) in [5, 5.41) is 0. The Morgan fingerprint density at radius 3 is 3.00 bits per heavy atom. The average Bonchev–Trinajstić information content (AvgIpc) is 2.88. The van der Waals surface area contributed by atoms with E-state index in [1.807, 2.05) is 12.1 Å². The molecule has 0 saturated carbocycles. The first-order valence-corrected chi connectivity index (χ1v) is 7.61. The van der Waals surface area contributed by atoms with Crippen molar-refractivity contribution in [3.8, 4) is 5.75 Å². The Bertz CT molecular complexity index is 646. The molecular weight excluding hydrogens is 276 g/mol. The Kier molecular flexibility index (Phi) is 4.24. The van der Waals surface area contributed by atoms with Gasteiger partial charge >= 0.3 is 0 Å². The highest BCUT2D eigenvalue weighted by atomic mass is 16.5. The standard InChI is InChI=1S/C17H22N4O/c1-12-8-15(13-4-3-5-14(9-13)22-2)21(10-12)11-17-19-7-6-16(18)20-17/h3-7,9,12,15H,8,10-11H2,1-2H3,(H2,18,19,20)/t12-,15-/m0/s1. The fourth-order valence-electron chi connectivity index (χ4n) is 3.18. The monoisotopic (exact) mass is 298 g/mol. The molecule has 1 fully saturated rings. The van der Waals surface area contributed by atoms with Gasteiger partial charge in [-0.05, 0) is 36.1 Å². The van der Waals surface area contributed by atoms with Crippen molar-refractivity contribution in [1.82, 2.24) is 14.9 Å². The third kappa shape index (κ3) is 3.20. The van der Waals surface area contributed by atoms with E-state index in [0.29, 0.717) is 17.8 Å². The zero-order chi connectivity index (χ0) is 15.5. The van der Waals surface area contributed by atoms with Gasteiger partial charge in [-0.25, -0.2) is 9.97 Å². The van der Waals surface area contributed by atoms with Gasteiger partial charge < -0.3 is 10.5 Å². The summed E-state index contributed by atoms with van der Waals surface area (Å²) >= 11 is 0. The van der Waals surface area contributed by atoms with Crippen LogP contribution in [-0.4, -0.2) is 28.5 Å². The van der Waals surface area contributed by atoms with Crippen LogP contribution in [0.5, 0.6) is 5.75 Å². The number of nitrogens with two attached hydrogens (primary N) is 1. The molecule has 0 aliphatic carbocycles. The molecule has 5 nitrogen and oxygen atoms in total. The van der Waals surface area contributed by atoms with Crippen LogP contribution in [0.1, 0.15) is 30.8 Å². The predicted molar refractivity (Wildman–Crippen MR) is 86.4 cm³/mol. The smallest absolute Gasteiger partial charge is 0.144 e. The fraction of sp³-hybridized carbons (Fsp3) is 0.412. The molecule has 1 aliphatic rings. The van der Waals surface area contributed by atoms with Crippen LogP contribution in [0.15, 0.2) is 36.5 Å². The van der Waals surface area contributed by atoms with Crippen molar-refractivity contribution in [2.45, 2.75) is 25.9 Å². The summed E-state index contributed by atoms with van der Waals surface area (Å²) in [6, 6.07) is 10.4. The number of hydrogen-bond acceptors (Lipinski definition) is 5. The first-order chi connectivity index (χ1) is 10.7. The molecule has 1 saturated heterocycles. The lowest BCUT2D eigenvalue weighted by Crippen LogP contribution is -2.24. The summed E-state index contributed by atoms with van der Waals surface area (Å²) in [5.41, 5.74) is 7.04. The van der Waals surface area contributed by atoms with Gasteiger partial charge in [0.15, 0.2) is 0 Å². The van der Waals surface area contributed by atoms with Gasteiger partial charge in [0.2, 0.25) is 0 Å². The van der Waals surface area contributed by atoms with E-state index in [2.05, 4.69) is 33.9 Å². The van der Waals surface area contributed by atoms with Gasteiger partial charge in [-0.3, -0.25) is 4.90 Å². The minimum absolute atomic E-state index is 0.370. The fourth-order valence-corrected chi connectivity index (χ4v) is 3.18. The van der Waals surface area contributed by atoms with Crippen LogP contribution < -0.4 is 10.5 Å². The second kappa shape index (κ2) is 6.32. The van der Waals surface area contributed by atoms with Crippen LogP contribution >= 0.6 is 0 Å². The van der Waals surface area contributed by atoms with Crippen molar-refractivity contribution in [3.63, 3.8) is 0 Å². The largest absolute Gasteiger partial charge is 0.497 e. The average molecular weight is 298 g/mol. The number of nitrogens with zero attached hydrogens (tertiary/aromatic N) is 3. The van der Waals surface area contributed by atoms with Crippen LogP contribution in [0.4, 0.5) is 5.82 Å². The maximum absolute atomic E-state index is 5.76. The highest BCUT2D eigenvalue weighted by molar-refractivity contribution is 5.31. The van der Waals surface area contributed by atoms with Crippen LogP contribution in [0.2, 0.25) is 0 Å². The van der Waals surface area contributed by atoms with Crippen LogP contribution in [0.3, 0.4) is 0 Å². The molecule has 1 aromatic heterocycles. The van der Waals surface area contributed by atoms with E-state index in [1.165, 1.54) is 5.56 Å². The van der Waals surface area contributed by atoms with Gasteiger partial charge in [0.05, 0.1) is 13.7 Å². The number of ether oxygens (including phenoxy) is 1. The van der Waals surface area contributed by atoms with Crippen molar-refractivity contribution >= 4 is 5.82 Å². The Labute approximate surface area is 131 Å². The minimum atomic E-state index is 0.370. The van der Waals surface area contributed by atoms with E-state index in [4.69, 9.17) is 10.5 Å². The third-order valence-electron chi connectivity index (χ3n) is 4.16. The molecule has 2 heterocycles. The molecule has 1 aliphatic heterocycles. The molecule has 5 heteroatoms. The molecule has 2 aromatic rings. The second-order valence-corrected chi connectivity index (χ2v) is 5.96. The normalized spacial score (nSPS) is 21.9. The Morgan fingerprint density at radius 1 is 1.36 bits per heavy atom. The SMILES string of the molecule is COc1cccc([C@@H]2C[C@H](C)CN2Cc2nccc(N)n2)c1. The Morgan fingerprint density at radius 2 is 2.23 bits per heavy atom. The molecule has 0 bridgehead atoms. The van der Waals surface area contributed by atoms with Gasteiger partial charge in [0.25, 0.3) is 0 Å². The van der Waals surface area contributed by atoms with Gasteiger partial charge in [-0.2, -0.15) is 0 Å². The molecule has 2 atom stereocenters. The van der Waals surface area contributed by atoms with E-state index in [1.54, 1.807) is 19.4 Å². The predicted octanol–water partition coefficient (Wildman–Crippen LogP) is 2.65. The zero-order valence-corrected chi connectivity index (χ0v) is 13.1. The lowest BCUT2D eigenvalue weighted by atomic mass is 10.0. The molecule has 2 N–H and O–H groups in total. The molecule has 0 spiro atoms. The van der Waals surface area contributed by atoms with E-state index >= 15 is 0 Å². The summed E-state index contributed by atoms with van der Waals surface area (Å²) in [6.45, 7) is 4.05. The molecule has 0 amide bonds. The maximum Gasteiger partial charge on any atom is 0.144 e. The quantitative estimate of drug-likeness (QED) is 0.940. The second-order valence-electron chi connectivity index (χ2n) is 5.96. The summed E-state index contributed by atoms with van der Waals surface area (Å²) in [7, 11) is 1.70. The molecule has 1 aromatic carbocycles. The summed E-state index contributed by atoms with van der Waals surface area (Å²) < 4.78 is 5.35. The lowest BCUT2D eigenvalue weighted by Gasteiger charge is -2.24. The maximum atomic E-state index is 5.76. The number of rotatable bonds is 4. The van der Waals surface area contributed by atoms with Crippen molar-refractivity contribution in [1.29, 1.82) is 0 Å². The van der Waals surface area contributed by atoms with Gasteiger partial charge in [0, 0.05) is 18.8 Å². The number of hydrogen-bond donors (Lipinski definition) is 1. The number of anilines is 1. The molecule has 0 radical (unpaired) electrons. The van der Waals surface area contributed by atoms with Crippen molar-refractivity contribution in [2.75, 3.05) is 19.4 Å². The summed E-state index contributed by atoms with van der Waals surface area (Å²) in [4.78, 5) is 11.1. The number of methoxy groups -OCH3 is 1. The van der Waals surface area contributed by atoms with E-state index in [-0.39, 0.29) is 0 Å². The van der Waals surface area contributed by atoms with Crippen molar-refractivity contribution < 1.29 is 4.74 Å². The topological polar surface area (TPSA) is 64.3 Å².